The number of carbonyl (C=O) groups excluding carboxylic acids is 2. The second kappa shape index (κ2) is 6.50. The van der Waals surface area contributed by atoms with Crippen LogP contribution in [0.4, 0.5) is 19.3 Å². The van der Waals surface area contributed by atoms with Gasteiger partial charge < -0.3 is 21.2 Å². The van der Waals surface area contributed by atoms with E-state index in [2.05, 4.69) is 10.1 Å². The zero-order valence-corrected chi connectivity index (χ0v) is 9.70. The van der Waals surface area contributed by atoms with Crippen molar-refractivity contribution in [2.45, 2.75) is 0 Å². The largest absolute Gasteiger partial charge is 0.448 e. The molecule has 0 bridgehead atoms. The Morgan fingerprint density at radius 1 is 1.26 bits per heavy atom. The number of nitrogens with two attached hydrogens (primary N) is 2. The van der Waals surface area contributed by atoms with E-state index in [9.17, 15) is 18.4 Å². The Morgan fingerprint density at radius 3 is 2.32 bits per heavy atom. The molecular weight excluding hydrogens is 262 g/mol. The van der Waals surface area contributed by atoms with Crippen LogP contribution in [0.3, 0.4) is 0 Å². The van der Waals surface area contributed by atoms with Crippen molar-refractivity contribution < 1.29 is 23.1 Å². The van der Waals surface area contributed by atoms with Gasteiger partial charge in [0, 0.05) is 5.56 Å². The minimum Gasteiger partial charge on any atom is -0.448 e. The van der Waals surface area contributed by atoms with E-state index < -0.39 is 29.3 Å². The van der Waals surface area contributed by atoms with Gasteiger partial charge in [-0.3, -0.25) is 10.6 Å². The number of rotatable bonds is 5. The summed E-state index contributed by atoms with van der Waals surface area (Å²) in [5.74, 6) is 2.19. The second-order valence-corrected chi connectivity index (χ2v) is 3.38. The van der Waals surface area contributed by atoms with E-state index in [1.165, 1.54) is 0 Å². The number of hydrazine groups is 1. The summed E-state index contributed by atoms with van der Waals surface area (Å²) >= 11 is 0. The van der Waals surface area contributed by atoms with Crippen molar-refractivity contribution in [3.8, 4) is 0 Å². The van der Waals surface area contributed by atoms with E-state index in [-0.39, 0.29) is 18.7 Å². The minimum atomic E-state index is -0.999. The van der Waals surface area contributed by atoms with Crippen molar-refractivity contribution in [2.24, 2.45) is 11.6 Å². The lowest BCUT2D eigenvalue weighted by Gasteiger charge is -2.08. The standard InChI is InChI=1S/C10H12F2N4O3/c11-6-3-5(4-7(12)8(6)16-14)9(17)15-1-2-19-10(13)18/h3-4,16H,1-2,14H2,(H2,13,18)(H,15,17). The van der Waals surface area contributed by atoms with E-state index >= 15 is 0 Å². The molecule has 9 heteroatoms. The number of benzene rings is 1. The minimum absolute atomic E-state index is 0.0398. The fourth-order valence-electron chi connectivity index (χ4n) is 1.26. The molecule has 0 fully saturated rings. The molecule has 19 heavy (non-hydrogen) atoms. The molecule has 0 saturated heterocycles. The van der Waals surface area contributed by atoms with E-state index in [0.29, 0.717) is 0 Å². The maximum absolute atomic E-state index is 13.3. The maximum atomic E-state index is 13.3. The molecule has 0 saturated carbocycles. The molecule has 1 rings (SSSR count). The van der Waals surface area contributed by atoms with E-state index in [0.717, 1.165) is 12.1 Å². The molecule has 7 nitrogen and oxygen atoms in total. The maximum Gasteiger partial charge on any atom is 0.404 e. The van der Waals surface area contributed by atoms with Crippen LogP contribution < -0.4 is 22.3 Å². The van der Waals surface area contributed by atoms with Crippen LogP contribution in [0, 0.1) is 11.6 Å². The van der Waals surface area contributed by atoms with Crippen molar-refractivity contribution in [3.63, 3.8) is 0 Å². The van der Waals surface area contributed by atoms with Gasteiger partial charge >= 0.3 is 6.09 Å². The van der Waals surface area contributed by atoms with Gasteiger partial charge in [0.2, 0.25) is 0 Å². The first-order valence-electron chi connectivity index (χ1n) is 5.11. The number of nitrogen functional groups attached to an aromatic ring is 1. The molecule has 0 atom stereocenters. The van der Waals surface area contributed by atoms with Crippen LogP contribution in [0.25, 0.3) is 0 Å². The number of hydrogen-bond acceptors (Lipinski definition) is 5. The predicted molar refractivity (Wildman–Crippen MR) is 62.0 cm³/mol. The number of ether oxygens (including phenoxy) is 1. The molecule has 1 aromatic rings. The first-order valence-corrected chi connectivity index (χ1v) is 5.11. The average Bonchev–Trinajstić information content (AvgIpc) is 2.33. The zero-order valence-electron chi connectivity index (χ0n) is 9.70. The molecule has 0 spiro atoms. The summed E-state index contributed by atoms with van der Waals surface area (Å²) in [5.41, 5.74) is 5.78. The lowest BCUT2D eigenvalue weighted by atomic mass is 10.1. The Morgan fingerprint density at radius 2 is 1.84 bits per heavy atom. The molecule has 0 aliphatic rings. The van der Waals surface area contributed by atoms with Gasteiger partial charge in [0.1, 0.15) is 12.3 Å². The zero-order chi connectivity index (χ0) is 14.4. The smallest absolute Gasteiger partial charge is 0.404 e. The van der Waals surface area contributed by atoms with Gasteiger partial charge in [0.25, 0.3) is 5.91 Å². The molecular formula is C10H12F2N4O3. The van der Waals surface area contributed by atoms with Gasteiger partial charge in [-0.15, -0.1) is 0 Å². The highest BCUT2D eigenvalue weighted by Crippen LogP contribution is 2.19. The lowest BCUT2D eigenvalue weighted by Crippen LogP contribution is -2.29. The molecule has 1 aromatic carbocycles. The monoisotopic (exact) mass is 274 g/mol. The topological polar surface area (TPSA) is 119 Å². The van der Waals surface area contributed by atoms with Gasteiger partial charge in [-0.2, -0.15) is 0 Å². The van der Waals surface area contributed by atoms with Gasteiger partial charge in [-0.25, -0.2) is 13.6 Å². The molecule has 0 aliphatic carbocycles. The quantitative estimate of drug-likeness (QED) is 0.344. The number of halogens is 2. The first kappa shape index (κ1) is 14.6. The molecule has 0 aliphatic heterocycles. The average molecular weight is 274 g/mol. The van der Waals surface area contributed by atoms with E-state index in [4.69, 9.17) is 11.6 Å². The summed E-state index contributed by atoms with van der Waals surface area (Å²) in [6, 6.07) is 1.64. The number of carbonyl (C=O) groups is 2. The van der Waals surface area contributed by atoms with Gasteiger partial charge in [0.05, 0.1) is 6.54 Å². The van der Waals surface area contributed by atoms with Crippen LogP contribution in [-0.2, 0) is 4.74 Å². The van der Waals surface area contributed by atoms with Crippen molar-refractivity contribution in [1.82, 2.24) is 5.32 Å². The summed E-state index contributed by atoms with van der Waals surface area (Å²) in [6.45, 7) is -0.184. The second-order valence-electron chi connectivity index (χ2n) is 3.38. The fourth-order valence-corrected chi connectivity index (χ4v) is 1.26. The van der Waals surface area contributed by atoms with Crippen molar-refractivity contribution in [2.75, 3.05) is 18.6 Å². The number of hydrogen-bond donors (Lipinski definition) is 4. The van der Waals surface area contributed by atoms with Crippen LogP contribution in [-0.4, -0.2) is 25.2 Å². The summed E-state index contributed by atoms with van der Waals surface area (Å²) < 4.78 is 31.0. The predicted octanol–water partition coefficient (Wildman–Crippen LogP) is 0.0755. The fraction of sp³-hybridized carbons (Fsp3) is 0.200. The number of primary amides is 1. The van der Waals surface area contributed by atoms with Crippen LogP contribution in [0.5, 0.6) is 0 Å². The molecule has 6 N–H and O–H groups in total. The Bertz CT molecular complexity index is 473. The third-order valence-electron chi connectivity index (χ3n) is 2.08. The SMILES string of the molecule is NNc1c(F)cc(C(=O)NCCOC(N)=O)cc1F. The Balaban J connectivity index is 2.65. The van der Waals surface area contributed by atoms with Crippen LogP contribution in [0.1, 0.15) is 10.4 Å². The van der Waals surface area contributed by atoms with Crippen molar-refractivity contribution in [3.05, 3.63) is 29.3 Å². The summed E-state index contributed by atoms with van der Waals surface area (Å²) in [6.07, 6.45) is -0.982. The van der Waals surface area contributed by atoms with Crippen molar-refractivity contribution >= 4 is 17.7 Å². The highest BCUT2D eigenvalue weighted by atomic mass is 19.1. The summed E-state index contributed by atoms with van der Waals surface area (Å²) in [7, 11) is 0. The Kier molecular flexibility index (Phi) is 5.01. The number of nitrogens with one attached hydrogen (secondary N) is 2. The summed E-state index contributed by atoms with van der Waals surface area (Å²) in [4.78, 5) is 21.8. The highest BCUT2D eigenvalue weighted by molar-refractivity contribution is 5.94. The van der Waals surface area contributed by atoms with Crippen LogP contribution in [0.15, 0.2) is 12.1 Å². The third kappa shape index (κ3) is 4.07. The lowest BCUT2D eigenvalue weighted by molar-refractivity contribution is 0.0936. The van der Waals surface area contributed by atoms with Crippen LogP contribution >= 0.6 is 0 Å². The number of amides is 2. The summed E-state index contributed by atoms with van der Waals surface area (Å²) in [5, 5.41) is 2.29. The first-order chi connectivity index (χ1) is 8.95. The Labute approximate surface area is 106 Å². The van der Waals surface area contributed by atoms with Gasteiger partial charge in [-0.1, -0.05) is 0 Å². The normalized spacial score (nSPS) is 9.84. The molecule has 0 aromatic heterocycles. The molecule has 2 amide bonds. The molecule has 0 radical (unpaired) electrons. The van der Waals surface area contributed by atoms with Crippen LogP contribution in [0.2, 0.25) is 0 Å². The molecule has 104 valence electrons. The molecule has 0 unspecified atom stereocenters. The van der Waals surface area contributed by atoms with E-state index in [1.54, 1.807) is 0 Å². The van der Waals surface area contributed by atoms with Gasteiger partial charge in [0.15, 0.2) is 11.6 Å². The highest BCUT2D eigenvalue weighted by Gasteiger charge is 2.14. The van der Waals surface area contributed by atoms with E-state index in [1.807, 2.05) is 5.43 Å². The third-order valence-corrected chi connectivity index (χ3v) is 2.08. The van der Waals surface area contributed by atoms with Crippen molar-refractivity contribution in [1.29, 1.82) is 0 Å². The van der Waals surface area contributed by atoms with Gasteiger partial charge in [-0.05, 0) is 12.1 Å². The number of anilines is 1. The Hall–Kier alpha value is -2.42. The molecule has 0 heterocycles.